The highest BCUT2D eigenvalue weighted by Crippen LogP contribution is 2.39. The van der Waals surface area contributed by atoms with E-state index in [1.165, 1.54) is 38.7 Å². The SMILES string of the molecule is C=[O+]c1cc(OC)c(OC)cc1-c1coc2cc(O)ccc2c1=O. The van der Waals surface area contributed by atoms with Gasteiger partial charge in [-0.15, -0.1) is 0 Å². The zero-order chi connectivity index (χ0) is 17.3. The smallest absolute Gasteiger partial charge is 0.363 e. The Morgan fingerprint density at radius 1 is 1.08 bits per heavy atom. The highest BCUT2D eigenvalue weighted by molar-refractivity contribution is 5.84. The second-order valence-electron chi connectivity index (χ2n) is 5.01. The van der Waals surface area contributed by atoms with Crippen LogP contribution in [0.4, 0.5) is 0 Å². The van der Waals surface area contributed by atoms with Crippen LogP contribution in [0.1, 0.15) is 0 Å². The largest absolute Gasteiger partial charge is 0.508 e. The van der Waals surface area contributed by atoms with Crippen LogP contribution >= 0.6 is 0 Å². The molecule has 3 rings (SSSR count). The molecule has 1 heterocycles. The van der Waals surface area contributed by atoms with Crippen molar-refractivity contribution in [2.75, 3.05) is 14.2 Å². The molecule has 3 aromatic rings. The van der Waals surface area contributed by atoms with E-state index in [-0.39, 0.29) is 16.7 Å². The topological polar surface area (TPSA) is 80.2 Å². The molecule has 0 atom stereocenters. The minimum absolute atomic E-state index is 0.0197. The lowest BCUT2D eigenvalue weighted by molar-refractivity contribution is -0.353. The van der Waals surface area contributed by atoms with Crippen LogP contribution in [-0.2, 0) is 4.42 Å². The Morgan fingerprint density at radius 2 is 1.79 bits per heavy atom. The summed E-state index contributed by atoms with van der Waals surface area (Å²) in [6.45, 7) is 3.41. The summed E-state index contributed by atoms with van der Waals surface area (Å²) in [7, 11) is 3.00. The van der Waals surface area contributed by atoms with Crippen LogP contribution in [0.5, 0.6) is 23.0 Å². The number of benzene rings is 2. The second kappa shape index (κ2) is 6.08. The monoisotopic (exact) mass is 327 g/mol. The van der Waals surface area contributed by atoms with Gasteiger partial charge in [0.25, 0.3) is 6.79 Å². The van der Waals surface area contributed by atoms with Crippen LogP contribution in [0.2, 0.25) is 0 Å². The molecule has 122 valence electrons. The van der Waals surface area contributed by atoms with Gasteiger partial charge in [0.1, 0.15) is 17.6 Å². The van der Waals surface area contributed by atoms with Gasteiger partial charge in [-0.1, -0.05) is 0 Å². The molecule has 2 aromatic carbocycles. The van der Waals surface area contributed by atoms with Crippen molar-refractivity contribution >= 4 is 17.8 Å². The Bertz CT molecular complexity index is 987. The summed E-state index contributed by atoms with van der Waals surface area (Å²) in [5, 5.41) is 9.84. The molecule has 0 unspecified atom stereocenters. The maximum absolute atomic E-state index is 12.8. The van der Waals surface area contributed by atoms with Gasteiger partial charge in [0.2, 0.25) is 5.43 Å². The van der Waals surface area contributed by atoms with Gasteiger partial charge in [0, 0.05) is 12.1 Å². The Balaban J connectivity index is 2.31. The second-order valence-corrected chi connectivity index (χ2v) is 5.01. The Kier molecular flexibility index (Phi) is 3.95. The lowest BCUT2D eigenvalue weighted by Gasteiger charge is -2.08. The van der Waals surface area contributed by atoms with Crippen molar-refractivity contribution in [2.45, 2.75) is 0 Å². The zero-order valence-electron chi connectivity index (χ0n) is 13.2. The van der Waals surface area contributed by atoms with Gasteiger partial charge < -0.3 is 19.0 Å². The van der Waals surface area contributed by atoms with E-state index in [1.807, 2.05) is 0 Å². The number of hydrogen-bond acceptors (Lipinski definition) is 5. The van der Waals surface area contributed by atoms with E-state index in [9.17, 15) is 9.90 Å². The molecule has 6 heteroatoms. The van der Waals surface area contributed by atoms with E-state index >= 15 is 0 Å². The highest BCUT2D eigenvalue weighted by atomic mass is 16.5. The van der Waals surface area contributed by atoms with Gasteiger partial charge in [-0.3, -0.25) is 4.79 Å². The molecule has 0 saturated carbocycles. The van der Waals surface area contributed by atoms with Crippen molar-refractivity contribution in [3.8, 4) is 34.1 Å². The van der Waals surface area contributed by atoms with Crippen LogP contribution in [0.25, 0.3) is 22.1 Å². The van der Waals surface area contributed by atoms with E-state index < -0.39 is 0 Å². The fraction of sp³-hybridized carbons (Fsp3) is 0.111. The third-order valence-corrected chi connectivity index (χ3v) is 3.69. The lowest BCUT2D eigenvalue weighted by atomic mass is 10.0. The minimum atomic E-state index is -0.262. The molecule has 0 saturated heterocycles. The first-order valence-corrected chi connectivity index (χ1v) is 7.02. The van der Waals surface area contributed by atoms with Gasteiger partial charge in [0.15, 0.2) is 11.5 Å². The number of rotatable bonds is 4. The molecular formula is C18H15O6+. The van der Waals surface area contributed by atoms with Crippen LogP contribution in [0, 0.1) is 0 Å². The predicted octanol–water partition coefficient (Wildman–Crippen LogP) is 3.26. The van der Waals surface area contributed by atoms with Gasteiger partial charge in [0.05, 0.1) is 36.8 Å². The van der Waals surface area contributed by atoms with Crippen molar-refractivity contribution in [2.24, 2.45) is 0 Å². The summed E-state index contributed by atoms with van der Waals surface area (Å²) >= 11 is 0. The summed E-state index contributed by atoms with van der Waals surface area (Å²) in [6, 6.07) is 7.52. The number of ether oxygens (including phenoxy) is 2. The number of fused-ring (bicyclic) bond motifs is 1. The fourth-order valence-electron chi connectivity index (χ4n) is 2.49. The standard InChI is InChI=1S/C18H14O6/c1-21-14-8-17(23-3)16(22-2)7-12(14)13-9-24-15-6-10(19)4-5-11(15)18(13)20/h4-9H,1H2,2-3H3/p+1. The molecular weight excluding hydrogens is 312 g/mol. The van der Waals surface area contributed by atoms with Crippen LogP contribution < -0.4 is 14.9 Å². The molecule has 0 bridgehead atoms. The zero-order valence-corrected chi connectivity index (χ0v) is 13.2. The predicted molar refractivity (Wildman–Crippen MR) is 89.3 cm³/mol. The van der Waals surface area contributed by atoms with E-state index in [4.69, 9.17) is 18.3 Å². The van der Waals surface area contributed by atoms with Crippen molar-refractivity contribution in [3.05, 3.63) is 46.8 Å². The molecule has 0 amide bonds. The van der Waals surface area contributed by atoms with Crippen molar-refractivity contribution in [1.29, 1.82) is 0 Å². The Morgan fingerprint density at radius 3 is 2.46 bits per heavy atom. The molecule has 0 aliphatic carbocycles. The van der Waals surface area contributed by atoms with Crippen LogP contribution in [0.3, 0.4) is 0 Å². The maximum atomic E-state index is 12.8. The van der Waals surface area contributed by atoms with E-state index in [1.54, 1.807) is 12.1 Å². The lowest BCUT2D eigenvalue weighted by Crippen LogP contribution is -2.05. The Hall–Kier alpha value is -3.28. The summed E-state index contributed by atoms with van der Waals surface area (Å²) in [4.78, 5) is 12.8. The summed E-state index contributed by atoms with van der Waals surface area (Å²) in [5.74, 6) is 1.26. The summed E-state index contributed by atoms with van der Waals surface area (Å²) in [6.07, 6.45) is 1.31. The number of aromatic hydroxyl groups is 1. The molecule has 0 fully saturated rings. The number of carbonyl (C=O) groups excluding carboxylic acids is 1. The molecule has 6 nitrogen and oxygen atoms in total. The van der Waals surface area contributed by atoms with Gasteiger partial charge in [-0.05, 0) is 12.1 Å². The third-order valence-electron chi connectivity index (χ3n) is 3.69. The molecule has 24 heavy (non-hydrogen) atoms. The fourth-order valence-corrected chi connectivity index (χ4v) is 2.49. The van der Waals surface area contributed by atoms with Crippen molar-refractivity contribution < 1.29 is 23.4 Å². The molecule has 0 radical (unpaired) electrons. The normalized spacial score (nSPS) is 10.6. The molecule has 0 spiro atoms. The first kappa shape index (κ1) is 15.6. The maximum Gasteiger partial charge on any atom is 0.363 e. The van der Waals surface area contributed by atoms with E-state index in [2.05, 4.69) is 6.79 Å². The molecule has 1 N–H and O–H groups in total. The number of phenols is 1. The average Bonchev–Trinajstić information content (AvgIpc) is 2.60. The van der Waals surface area contributed by atoms with Crippen LogP contribution in [-0.4, -0.2) is 26.1 Å². The van der Waals surface area contributed by atoms with Gasteiger partial charge in [-0.2, -0.15) is 0 Å². The highest BCUT2D eigenvalue weighted by Gasteiger charge is 2.22. The average molecular weight is 327 g/mol. The summed E-state index contributed by atoms with van der Waals surface area (Å²) < 4.78 is 21.1. The number of hydrogen-bond donors (Lipinski definition) is 1. The van der Waals surface area contributed by atoms with Crippen molar-refractivity contribution in [3.63, 3.8) is 0 Å². The summed E-state index contributed by atoms with van der Waals surface area (Å²) in [5.41, 5.74) is 0.780. The molecule has 0 aliphatic rings. The van der Waals surface area contributed by atoms with Gasteiger partial charge in [-0.25, -0.2) is 4.42 Å². The first-order valence-electron chi connectivity index (χ1n) is 7.02. The molecule has 0 aliphatic heterocycles. The number of phenolic OH excluding ortho intramolecular Hbond substituents is 1. The molecule has 1 aromatic heterocycles. The quantitative estimate of drug-likeness (QED) is 0.744. The van der Waals surface area contributed by atoms with E-state index in [0.29, 0.717) is 33.8 Å². The van der Waals surface area contributed by atoms with Crippen molar-refractivity contribution in [1.82, 2.24) is 0 Å². The minimum Gasteiger partial charge on any atom is -0.508 e. The van der Waals surface area contributed by atoms with E-state index in [0.717, 1.165) is 0 Å². The number of methoxy groups -OCH3 is 2. The Labute approximate surface area is 137 Å². The first-order chi connectivity index (χ1) is 11.6. The van der Waals surface area contributed by atoms with Crippen LogP contribution in [0.15, 0.2) is 45.8 Å². The van der Waals surface area contributed by atoms with Gasteiger partial charge >= 0.3 is 5.75 Å². The third kappa shape index (κ3) is 2.48.